The zero-order valence-electron chi connectivity index (χ0n) is 15.2. The van der Waals surface area contributed by atoms with Crippen LogP contribution >= 0.6 is 0 Å². The standard InChI is InChI=1S/C22H24O4/c1-15-3-7-17(8-4-15)21(23)25-19-11-13-20(14-12-19)26-22(24)18-9-5-16(2)6-10-18/h3-10,19-20H,11-14H2,1-2H3/t19-,20-. The third-order valence-corrected chi connectivity index (χ3v) is 4.74. The second kappa shape index (κ2) is 8.17. The summed E-state index contributed by atoms with van der Waals surface area (Å²) in [6.07, 6.45) is 2.62. The zero-order valence-corrected chi connectivity index (χ0v) is 15.2. The summed E-state index contributed by atoms with van der Waals surface area (Å²) in [5.74, 6) is -0.574. The van der Waals surface area contributed by atoms with E-state index in [4.69, 9.17) is 9.47 Å². The molecule has 0 spiro atoms. The molecule has 0 heterocycles. The molecule has 1 fully saturated rings. The number of hydrogen-bond acceptors (Lipinski definition) is 4. The molecule has 4 nitrogen and oxygen atoms in total. The minimum Gasteiger partial charge on any atom is -0.459 e. The first-order chi connectivity index (χ1) is 12.5. The van der Waals surface area contributed by atoms with E-state index in [0.717, 1.165) is 11.1 Å². The molecule has 0 radical (unpaired) electrons. The summed E-state index contributed by atoms with van der Waals surface area (Å²) >= 11 is 0. The minimum absolute atomic E-state index is 0.113. The summed E-state index contributed by atoms with van der Waals surface area (Å²) in [5.41, 5.74) is 3.36. The maximum absolute atomic E-state index is 12.2. The first kappa shape index (κ1) is 18.2. The molecular formula is C22H24O4. The van der Waals surface area contributed by atoms with Crippen LogP contribution in [0.3, 0.4) is 0 Å². The maximum Gasteiger partial charge on any atom is 0.338 e. The Bertz CT molecular complexity index is 686. The third kappa shape index (κ3) is 4.72. The Hall–Kier alpha value is -2.62. The van der Waals surface area contributed by atoms with Crippen molar-refractivity contribution in [2.75, 3.05) is 0 Å². The van der Waals surface area contributed by atoms with Crippen molar-refractivity contribution in [3.8, 4) is 0 Å². The molecule has 2 aromatic rings. The molecule has 26 heavy (non-hydrogen) atoms. The molecule has 0 bridgehead atoms. The Morgan fingerprint density at radius 3 is 1.27 bits per heavy atom. The number of aryl methyl sites for hydroxylation is 2. The van der Waals surface area contributed by atoms with Gasteiger partial charge in [0.1, 0.15) is 12.2 Å². The Morgan fingerprint density at radius 2 is 0.962 bits per heavy atom. The molecule has 0 N–H and O–H groups in total. The summed E-state index contributed by atoms with van der Waals surface area (Å²) in [5, 5.41) is 0. The van der Waals surface area contributed by atoms with Gasteiger partial charge in [0, 0.05) is 0 Å². The Kier molecular flexibility index (Phi) is 5.71. The molecule has 0 aromatic heterocycles. The van der Waals surface area contributed by atoms with Crippen LogP contribution in [0.4, 0.5) is 0 Å². The fourth-order valence-electron chi connectivity index (χ4n) is 3.09. The van der Waals surface area contributed by atoms with Crippen LogP contribution in [0.2, 0.25) is 0 Å². The van der Waals surface area contributed by atoms with Crippen molar-refractivity contribution in [2.45, 2.75) is 51.7 Å². The molecule has 4 heteroatoms. The molecular weight excluding hydrogens is 328 g/mol. The second-order valence-electron chi connectivity index (χ2n) is 6.94. The van der Waals surface area contributed by atoms with Crippen molar-refractivity contribution in [3.63, 3.8) is 0 Å². The molecule has 1 aliphatic rings. The van der Waals surface area contributed by atoms with Gasteiger partial charge in [-0.05, 0) is 63.8 Å². The summed E-state index contributed by atoms with van der Waals surface area (Å²) in [6, 6.07) is 14.7. The van der Waals surface area contributed by atoms with Gasteiger partial charge in [-0.2, -0.15) is 0 Å². The summed E-state index contributed by atoms with van der Waals surface area (Å²) in [7, 11) is 0. The van der Waals surface area contributed by atoms with E-state index in [1.807, 2.05) is 38.1 Å². The second-order valence-corrected chi connectivity index (χ2v) is 6.94. The lowest BCUT2D eigenvalue weighted by molar-refractivity contribution is -0.0108. The number of carbonyl (C=O) groups is 2. The number of ether oxygens (including phenoxy) is 2. The highest BCUT2D eigenvalue weighted by Gasteiger charge is 2.27. The van der Waals surface area contributed by atoms with Crippen molar-refractivity contribution in [3.05, 3.63) is 70.8 Å². The highest BCUT2D eigenvalue weighted by atomic mass is 16.6. The van der Waals surface area contributed by atoms with Crippen LogP contribution in [0.25, 0.3) is 0 Å². The van der Waals surface area contributed by atoms with Crippen molar-refractivity contribution in [1.29, 1.82) is 0 Å². The van der Waals surface area contributed by atoms with E-state index in [2.05, 4.69) is 0 Å². The van der Waals surface area contributed by atoms with Gasteiger partial charge in [0.25, 0.3) is 0 Å². The summed E-state index contributed by atoms with van der Waals surface area (Å²) in [6.45, 7) is 3.96. The van der Waals surface area contributed by atoms with Crippen LogP contribution < -0.4 is 0 Å². The lowest BCUT2D eigenvalue weighted by Gasteiger charge is -2.28. The van der Waals surface area contributed by atoms with E-state index >= 15 is 0 Å². The van der Waals surface area contributed by atoms with Crippen LogP contribution in [0.1, 0.15) is 57.5 Å². The topological polar surface area (TPSA) is 52.6 Å². The molecule has 1 saturated carbocycles. The molecule has 0 aliphatic heterocycles. The smallest absolute Gasteiger partial charge is 0.338 e. The van der Waals surface area contributed by atoms with Gasteiger partial charge in [-0.1, -0.05) is 35.4 Å². The van der Waals surface area contributed by atoms with E-state index < -0.39 is 0 Å². The van der Waals surface area contributed by atoms with E-state index in [1.54, 1.807) is 24.3 Å². The van der Waals surface area contributed by atoms with Gasteiger partial charge in [0.05, 0.1) is 11.1 Å². The number of hydrogen-bond donors (Lipinski definition) is 0. The van der Waals surface area contributed by atoms with Gasteiger partial charge in [-0.3, -0.25) is 0 Å². The Labute approximate surface area is 154 Å². The molecule has 136 valence electrons. The van der Waals surface area contributed by atoms with E-state index in [-0.39, 0.29) is 24.1 Å². The molecule has 0 amide bonds. The summed E-state index contributed by atoms with van der Waals surface area (Å²) < 4.78 is 11.2. The van der Waals surface area contributed by atoms with E-state index in [9.17, 15) is 9.59 Å². The molecule has 0 atom stereocenters. The molecule has 3 rings (SSSR count). The Morgan fingerprint density at radius 1 is 0.654 bits per heavy atom. The van der Waals surface area contributed by atoms with Gasteiger partial charge < -0.3 is 9.47 Å². The number of esters is 2. The molecule has 2 aromatic carbocycles. The fraction of sp³-hybridized carbons (Fsp3) is 0.364. The van der Waals surface area contributed by atoms with E-state index in [0.29, 0.717) is 36.8 Å². The summed E-state index contributed by atoms with van der Waals surface area (Å²) in [4.78, 5) is 24.4. The van der Waals surface area contributed by atoms with Crippen LogP contribution in [0.5, 0.6) is 0 Å². The van der Waals surface area contributed by atoms with Gasteiger partial charge in [0.2, 0.25) is 0 Å². The fourth-order valence-corrected chi connectivity index (χ4v) is 3.09. The number of rotatable bonds is 4. The van der Waals surface area contributed by atoms with Gasteiger partial charge in [-0.25, -0.2) is 9.59 Å². The SMILES string of the molecule is Cc1ccc(C(=O)O[C@H]2CC[C@H](OC(=O)c3ccc(C)cc3)CC2)cc1. The van der Waals surface area contributed by atoms with Crippen LogP contribution in [0, 0.1) is 13.8 Å². The highest BCUT2D eigenvalue weighted by Crippen LogP contribution is 2.25. The Balaban J connectivity index is 1.46. The van der Waals surface area contributed by atoms with Gasteiger partial charge in [-0.15, -0.1) is 0 Å². The average Bonchev–Trinajstić information content (AvgIpc) is 2.64. The molecule has 0 saturated heterocycles. The predicted octanol–water partition coefficient (Wildman–Crippen LogP) is 4.63. The van der Waals surface area contributed by atoms with E-state index in [1.165, 1.54) is 0 Å². The molecule has 0 unspecified atom stereocenters. The lowest BCUT2D eigenvalue weighted by Crippen LogP contribution is -2.29. The van der Waals surface area contributed by atoms with Gasteiger partial charge >= 0.3 is 11.9 Å². The number of carbonyl (C=O) groups excluding carboxylic acids is 2. The quantitative estimate of drug-likeness (QED) is 0.753. The van der Waals surface area contributed by atoms with Crippen molar-refractivity contribution in [1.82, 2.24) is 0 Å². The maximum atomic E-state index is 12.2. The van der Waals surface area contributed by atoms with Crippen molar-refractivity contribution in [2.24, 2.45) is 0 Å². The normalized spacial score (nSPS) is 19.6. The first-order valence-electron chi connectivity index (χ1n) is 9.06. The first-order valence-corrected chi connectivity index (χ1v) is 9.06. The van der Waals surface area contributed by atoms with Crippen molar-refractivity contribution >= 4 is 11.9 Å². The zero-order chi connectivity index (χ0) is 18.5. The van der Waals surface area contributed by atoms with Crippen LogP contribution in [0.15, 0.2) is 48.5 Å². The van der Waals surface area contributed by atoms with Crippen LogP contribution in [-0.2, 0) is 9.47 Å². The lowest BCUT2D eigenvalue weighted by atomic mass is 9.94. The van der Waals surface area contributed by atoms with Crippen LogP contribution in [-0.4, -0.2) is 24.1 Å². The average molecular weight is 352 g/mol. The molecule has 1 aliphatic carbocycles. The van der Waals surface area contributed by atoms with Gasteiger partial charge in [0.15, 0.2) is 0 Å². The minimum atomic E-state index is -0.287. The largest absolute Gasteiger partial charge is 0.459 e. The number of benzene rings is 2. The monoisotopic (exact) mass is 352 g/mol. The predicted molar refractivity (Wildman–Crippen MR) is 99.2 cm³/mol. The highest BCUT2D eigenvalue weighted by molar-refractivity contribution is 5.90. The third-order valence-electron chi connectivity index (χ3n) is 4.74. The van der Waals surface area contributed by atoms with Crippen molar-refractivity contribution < 1.29 is 19.1 Å².